The monoisotopic (exact) mass is 332 g/mol. The van der Waals surface area contributed by atoms with E-state index in [2.05, 4.69) is 6.92 Å². The summed E-state index contributed by atoms with van der Waals surface area (Å²) in [5.74, 6) is -0.0886. The van der Waals surface area contributed by atoms with E-state index >= 15 is 0 Å². The standard InChI is InChI=1S/C19H24O5/c1-14-10-18(24-19(14)13-23-15(2)20)12-22-11-17(21)9-8-16-6-4-3-5-7-16/h3-9,14,18-19H,10-13H2,1-2H3/b9-8+/t14-,18-,19?/m0/s1. The Morgan fingerprint density at radius 1 is 1.25 bits per heavy atom. The normalized spacial score (nSPS) is 23.5. The maximum atomic E-state index is 11.8. The van der Waals surface area contributed by atoms with Crippen molar-refractivity contribution in [1.29, 1.82) is 0 Å². The first-order chi connectivity index (χ1) is 11.5. The van der Waals surface area contributed by atoms with E-state index in [0.717, 1.165) is 12.0 Å². The van der Waals surface area contributed by atoms with Crippen molar-refractivity contribution in [2.75, 3.05) is 19.8 Å². The highest BCUT2D eigenvalue weighted by Gasteiger charge is 2.32. The molecule has 130 valence electrons. The van der Waals surface area contributed by atoms with Crippen LogP contribution in [0.3, 0.4) is 0 Å². The summed E-state index contributed by atoms with van der Waals surface area (Å²) in [5, 5.41) is 0. The van der Waals surface area contributed by atoms with Crippen molar-refractivity contribution in [1.82, 2.24) is 0 Å². The number of hydrogen-bond donors (Lipinski definition) is 0. The second-order valence-electron chi connectivity index (χ2n) is 6.04. The van der Waals surface area contributed by atoms with Gasteiger partial charge in [0.25, 0.3) is 0 Å². The molecule has 1 saturated heterocycles. The SMILES string of the molecule is CC(=O)OCC1O[C@H](COCC(=O)/C=C/c2ccccc2)C[C@@H]1C. The van der Waals surface area contributed by atoms with Gasteiger partial charge in [-0.25, -0.2) is 0 Å². The quantitative estimate of drug-likeness (QED) is 0.541. The zero-order valence-corrected chi connectivity index (χ0v) is 14.1. The number of ketones is 1. The number of hydrogen-bond acceptors (Lipinski definition) is 5. The van der Waals surface area contributed by atoms with Gasteiger partial charge in [0.15, 0.2) is 5.78 Å². The third-order valence-corrected chi connectivity index (χ3v) is 3.90. The predicted octanol–water partition coefficient (Wildman–Crippen LogP) is 2.64. The molecule has 0 N–H and O–H groups in total. The van der Waals surface area contributed by atoms with Crippen molar-refractivity contribution in [2.45, 2.75) is 32.5 Å². The lowest BCUT2D eigenvalue weighted by Gasteiger charge is -2.15. The van der Waals surface area contributed by atoms with Crippen LogP contribution in [0.2, 0.25) is 0 Å². The van der Waals surface area contributed by atoms with Crippen molar-refractivity contribution in [3.8, 4) is 0 Å². The third-order valence-electron chi connectivity index (χ3n) is 3.90. The Morgan fingerprint density at radius 2 is 2.00 bits per heavy atom. The van der Waals surface area contributed by atoms with Gasteiger partial charge in [-0.1, -0.05) is 43.3 Å². The molecule has 5 heteroatoms. The van der Waals surface area contributed by atoms with Crippen molar-refractivity contribution >= 4 is 17.8 Å². The molecule has 24 heavy (non-hydrogen) atoms. The molecule has 2 rings (SSSR count). The topological polar surface area (TPSA) is 61.8 Å². The minimum Gasteiger partial charge on any atom is -0.463 e. The zero-order valence-electron chi connectivity index (χ0n) is 14.1. The van der Waals surface area contributed by atoms with Crippen LogP contribution in [-0.4, -0.2) is 43.8 Å². The Bertz CT molecular complexity index is 566. The lowest BCUT2D eigenvalue weighted by atomic mass is 10.0. The molecule has 1 heterocycles. The Morgan fingerprint density at radius 3 is 2.71 bits per heavy atom. The molecule has 0 saturated carbocycles. The number of benzene rings is 1. The van der Waals surface area contributed by atoms with Crippen LogP contribution in [0, 0.1) is 5.92 Å². The number of ether oxygens (including phenoxy) is 3. The molecule has 1 aliphatic heterocycles. The molecule has 0 radical (unpaired) electrons. The van der Waals surface area contributed by atoms with Crippen LogP contribution in [0.1, 0.15) is 25.8 Å². The molecular weight excluding hydrogens is 308 g/mol. The van der Waals surface area contributed by atoms with Crippen LogP contribution in [0.15, 0.2) is 36.4 Å². The molecule has 1 fully saturated rings. The van der Waals surface area contributed by atoms with Gasteiger partial charge in [-0.05, 0) is 24.0 Å². The highest BCUT2D eigenvalue weighted by atomic mass is 16.6. The van der Waals surface area contributed by atoms with Crippen LogP contribution >= 0.6 is 0 Å². The molecule has 3 atom stereocenters. The van der Waals surface area contributed by atoms with Gasteiger partial charge in [-0.3, -0.25) is 9.59 Å². The Kier molecular flexibility index (Phi) is 7.15. The molecule has 0 bridgehead atoms. The minimum atomic E-state index is -0.304. The number of esters is 1. The maximum absolute atomic E-state index is 11.8. The molecule has 0 amide bonds. The molecule has 1 unspecified atom stereocenters. The maximum Gasteiger partial charge on any atom is 0.302 e. The molecular formula is C19H24O5. The highest BCUT2D eigenvalue weighted by Crippen LogP contribution is 2.26. The number of carbonyl (C=O) groups is 2. The molecule has 0 aliphatic carbocycles. The average molecular weight is 332 g/mol. The minimum absolute atomic E-state index is 0.0339. The van der Waals surface area contributed by atoms with E-state index in [1.165, 1.54) is 13.0 Å². The van der Waals surface area contributed by atoms with E-state index in [1.54, 1.807) is 6.08 Å². The van der Waals surface area contributed by atoms with Crippen LogP contribution in [0.25, 0.3) is 6.08 Å². The van der Waals surface area contributed by atoms with Gasteiger partial charge in [0.1, 0.15) is 13.2 Å². The van der Waals surface area contributed by atoms with E-state index in [9.17, 15) is 9.59 Å². The summed E-state index contributed by atoms with van der Waals surface area (Å²) in [7, 11) is 0. The Labute approximate surface area is 142 Å². The fraction of sp³-hybridized carbons (Fsp3) is 0.474. The summed E-state index contributed by atoms with van der Waals surface area (Å²) in [6.07, 6.45) is 3.97. The third kappa shape index (κ3) is 6.26. The molecule has 1 aromatic rings. The number of carbonyl (C=O) groups excluding carboxylic acids is 2. The van der Waals surface area contributed by atoms with Gasteiger partial charge in [0, 0.05) is 6.92 Å². The van der Waals surface area contributed by atoms with Gasteiger partial charge < -0.3 is 14.2 Å². The van der Waals surface area contributed by atoms with Crippen molar-refractivity contribution in [3.63, 3.8) is 0 Å². The van der Waals surface area contributed by atoms with E-state index in [4.69, 9.17) is 14.2 Å². The predicted molar refractivity (Wildman–Crippen MR) is 90.4 cm³/mol. The van der Waals surface area contributed by atoms with Crippen molar-refractivity contribution < 1.29 is 23.8 Å². The highest BCUT2D eigenvalue weighted by molar-refractivity contribution is 5.94. The van der Waals surface area contributed by atoms with Crippen molar-refractivity contribution in [3.05, 3.63) is 42.0 Å². The summed E-state index contributed by atoms with van der Waals surface area (Å²) in [4.78, 5) is 22.6. The van der Waals surface area contributed by atoms with Crippen LogP contribution < -0.4 is 0 Å². The first-order valence-corrected chi connectivity index (χ1v) is 8.17. The molecule has 0 spiro atoms. The number of rotatable bonds is 8. The summed E-state index contributed by atoms with van der Waals surface area (Å²) >= 11 is 0. The fourth-order valence-corrected chi connectivity index (χ4v) is 2.61. The van der Waals surface area contributed by atoms with Gasteiger partial charge in [-0.15, -0.1) is 0 Å². The van der Waals surface area contributed by atoms with E-state index < -0.39 is 0 Å². The Balaban J connectivity index is 1.66. The first kappa shape index (κ1) is 18.4. The van der Waals surface area contributed by atoms with Crippen LogP contribution in [0.4, 0.5) is 0 Å². The van der Waals surface area contributed by atoms with Gasteiger partial charge in [-0.2, -0.15) is 0 Å². The zero-order chi connectivity index (χ0) is 17.4. The van der Waals surface area contributed by atoms with Crippen LogP contribution in [0.5, 0.6) is 0 Å². The fourth-order valence-electron chi connectivity index (χ4n) is 2.61. The van der Waals surface area contributed by atoms with Gasteiger partial charge in [0.2, 0.25) is 0 Å². The largest absolute Gasteiger partial charge is 0.463 e. The van der Waals surface area contributed by atoms with Gasteiger partial charge >= 0.3 is 5.97 Å². The lowest BCUT2D eigenvalue weighted by molar-refractivity contribution is -0.146. The van der Waals surface area contributed by atoms with Crippen molar-refractivity contribution in [2.24, 2.45) is 5.92 Å². The summed E-state index contributed by atoms with van der Waals surface area (Å²) < 4.78 is 16.3. The van der Waals surface area contributed by atoms with Crippen LogP contribution in [-0.2, 0) is 23.8 Å². The average Bonchev–Trinajstić information content (AvgIpc) is 2.92. The summed E-state index contributed by atoms with van der Waals surface area (Å²) in [6, 6.07) is 9.64. The first-order valence-electron chi connectivity index (χ1n) is 8.17. The second kappa shape index (κ2) is 9.35. The summed E-state index contributed by atoms with van der Waals surface area (Å²) in [5.41, 5.74) is 0.979. The molecule has 1 aromatic carbocycles. The lowest BCUT2D eigenvalue weighted by Crippen LogP contribution is -2.24. The molecule has 1 aliphatic rings. The smallest absolute Gasteiger partial charge is 0.302 e. The van der Waals surface area contributed by atoms with E-state index in [0.29, 0.717) is 12.5 Å². The van der Waals surface area contributed by atoms with Gasteiger partial charge in [0.05, 0.1) is 18.8 Å². The van der Waals surface area contributed by atoms with E-state index in [1.807, 2.05) is 30.3 Å². The molecule has 5 nitrogen and oxygen atoms in total. The van der Waals surface area contributed by atoms with E-state index in [-0.39, 0.29) is 37.2 Å². The molecule has 0 aromatic heterocycles. The Hall–Kier alpha value is -1.98. The summed E-state index contributed by atoms with van der Waals surface area (Å²) in [6.45, 7) is 4.11. The second-order valence-corrected chi connectivity index (χ2v) is 6.04.